The van der Waals surface area contributed by atoms with Gasteiger partial charge < -0.3 is 4.42 Å². The third-order valence-electron chi connectivity index (χ3n) is 3.10. The second-order valence-electron chi connectivity index (χ2n) is 4.14. The van der Waals surface area contributed by atoms with Gasteiger partial charge in [0.05, 0.1) is 5.52 Å². The molecule has 2 aromatic heterocycles. The summed E-state index contributed by atoms with van der Waals surface area (Å²) in [7, 11) is 0. The number of fused-ring (bicyclic) bond motifs is 4. The third-order valence-corrected chi connectivity index (χ3v) is 3.10. The molecule has 0 aliphatic carbocycles. The van der Waals surface area contributed by atoms with Crippen molar-refractivity contribution in [1.82, 2.24) is 4.98 Å². The summed E-state index contributed by atoms with van der Waals surface area (Å²) < 4.78 is 5.82. The number of hydrogen-bond donors (Lipinski definition) is 0. The number of hydrogen-bond acceptors (Lipinski definition) is 2. The highest BCUT2D eigenvalue weighted by Crippen LogP contribution is 2.31. The summed E-state index contributed by atoms with van der Waals surface area (Å²) in [6, 6.07) is 16.3. The lowest BCUT2D eigenvalue weighted by Crippen LogP contribution is -1.76. The van der Waals surface area contributed by atoms with E-state index in [4.69, 9.17) is 4.42 Å². The highest BCUT2D eigenvalue weighted by molar-refractivity contribution is 6.09. The zero-order valence-corrected chi connectivity index (χ0v) is 9.05. The van der Waals surface area contributed by atoms with Crippen molar-refractivity contribution in [3.05, 3.63) is 54.7 Å². The Morgan fingerprint density at radius 2 is 1.76 bits per heavy atom. The molecule has 2 nitrogen and oxygen atoms in total. The fraction of sp³-hybridized carbons (Fsp3) is 0. The topological polar surface area (TPSA) is 26.0 Å². The normalized spacial score (nSPS) is 11.5. The number of aromatic nitrogens is 1. The summed E-state index contributed by atoms with van der Waals surface area (Å²) in [6.45, 7) is 0. The van der Waals surface area contributed by atoms with Crippen molar-refractivity contribution in [2.24, 2.45) is 0 Å². The Hall–Kier alpha value is -2.35. The molecule has 2 heteroatoms. The summed E-state index contributed by atoms with van der Waals surface area (Å²) in [5.74, 6) is 0. The molecule has 17 heavy (non-hydrogen) atoms. The van der Waals surface area contributed by atoms with Crippen LogP contribution >= 0.6 is 0 Å². The molecule has 0 saturated carbocycles. The molecule has 0 spiro atoms. The lowest BCUT2D eigenvalue weighted by Gasteiger charge is -1.95. The molecule has 0 bridgehead atoms. The molecule has 0 atom stereocenters. The molecule has 0 amide bonds. The molecule has 0 unspecified atom stereocenters. The van der Waals surface area contributed by atoms with Gasteiger partial charge in [0.1, 0.15) is 11.2 Å². The molecule has 0 fully saturated rings. The van der Waals surface area contributed by atoms with E-state index in [1.807, 2.05) is 30.3 Å². The minimum atomic E-state index is 0.900. The summed E-state index contributed by atoms with van der Waals surface area (Å²) in [6.07, 6.45) is 1.80. The number of rotatable bonds is 0. The van der Waals surface area contributed by atoms with E-state index in [9.17, 15) is 0 Å². The fourth-order valence-electron chi connectivity index (χ4n) is 2.29. The number of nitrogens with zero attached hydrogens (tertiary/aromatic N) is 1. The van der Waals surface area contributed by atoms with Crippen LogP contribution in [0, 0.1) is 0 Å². The molecule has 0 radical (unpaired) electrons. The van der Waals surface area contributed by atoms with E-state index < -0.39 is 0 Å². The van der Waals surface area contributed by atoms with E-state index in [1.165, 1.54) is 0 Å². The molecular formula is C15H9NO. The van der Waals surface area contributed by atoms with E-state index in [-0.39, 0.29) is 0 Å². The Labute approximate surface area is 97.5 Å². The van der Waals surface area contributed by atoms with Crippen LogP contribution in [0.2, 0.25) is 0 Å². The SMILES string of the molecule is c1cnc2cc3oc4ccccc4c3cc2c1. The van der Waals surface area contributed by atoms with Gasteiger partial charge in [-0.1, -0.05) is 24.3 Å². The van der Waals surface area contributed by atoms with Gasteiger partial charge in [-0.3, -0.25) is 4.98 Å². The van der Waals surface area contributed by atoms with Gasteiger partial charge in [-0.25, -0.2) is 0 Å². The summed E-state index contributed by atoms with van der Waals surface area (Å²) in [4.78, 5) is 4.34. The van der Waals surface area contributed by atoms with E-state index in [2.05, 4.69) is 23.2 Å². The van der Waals surface area contributed by atoms with Crippen LogP contribution < -0.4 is 0 Å². The molecule has 2 heterocycles. The van der Waals surface area contributed by atoms with Crippen LogP contribution in [-0.4, -0.2) is 4.98 Å². The molecule has 0 N–H and O–H groups in total. The predicted molar refractivity (Wildman–Crippen MR) is 69.0 cm³/mol. The lowest BCUT2D eigenvalue weighted by molar-refractivity contribution is 0.669. The van der Waals surface area contributed by atoms with Crippen molar-refractivity contribution in [1.29, 1.82) is 0 Å². The van der Waals surface area contributed by atoms with Crippen molar-refractivity contribution in [2.45, 2.75) is 0 Å². The minimum absolute atomic E-state index is 0.900. The Bertz CT molecular complexity index is 839. The summed E-state index contributed by atoms with van der Waals surface area (Å²) in [5, 5.41) is 3.46. The van der Waals surface area contributed by atoms with Gasteiger partial charge in [-0.05, 0) is 18.2 Å². The Balaban J connectivity index is 2.28. The molecular weight excluding hydrogens is 210 g/mol. The monoisotopic (exact) mass is 219 g/mol. The average Bonchev–Trinajstić information content (AvgIpc) is 2.73. The van der Waals surface area contributed by atoms with Gasteiger partial charge in [0, 0.05) is 28.4 Å². The van der Waals surface area contributed by atoms with Gasteiger partial charge in [0.25, 0.3) is 0 Å². The van der Waals surface area contributed by atoms with Crippen LogP contribution in [0.3, 0.4) is 0 Å². The maximum atomic E-state index is 5.82. The van der Waals surface area contributed by atoms with Crippen LogP contribution in [0.25, 0.3) is 32.8 Å². The Morgan fingerprint density at radius 3 is 2.76 bits per heavy atom. The number of para-hydroxylation sites is 1. The number of furan rings is 1. The van der Waals surface area contributed by atoms with E-state index >= 15 is 0 Å². The first-order valence-electron chi connectivity index (χ1n) is 5.58. The molecule has 0 saturated heterocycles. The molecule has 80 valence electrons. The first-order chi connectivity index (χ1) is 8.42. The molecule has 2 aromatic carbocycles. The van der Waals surface area contributed by atoms with Crippen molar-refractivity contribution in [2.75, 3.05) is 0 Å². The van der Waals surface area contributed by atoms with Gasteiger partial charge in [-0.15, -0.1) is 0 Å². The van der Waals surface area contributed by atoms with Crippen molar-refractivity contribution < 1.29 is 4.42 Å². The van der Waals surface area contributed by atoms with Crippen molar-refractivity contribution in [3.8, 4) is 0 Å². The Kier molecular flexibility index (Phi) is 1.59. The number of pyridine rings is 1. The van der Waals surface area contributed by atoms with Gasteiger partial charge in [-0.2, -0.15) is 0 Å². The van der Waals surface area contributed by atoms with Gasteiger partial charge in [0.2, 0.25) is 0 Å². The second-order valence-corrected chi connectivity index (χ2v) is 4.14. The van der Waals surface area contributed by atoms with Crippen molar-refractivity contribution >= 4 is 32.8 Å². The van der Waals surface area contributed by atoms with Gasteiger partial charge in [0.15, 0.2) is 0 Å². The van der Waals surface area contributed by atoms with E-state index in [0.717, 1.165) is 32.8 Å². The summed E-state index contributed by atoms with van der Waals surface area (Å²) in [5.41, 5.74) is 2.80. The highest BCUT2D eigenvalue weighted by atomic mass is 16.3. The molecule has 0 aliphatic rings. The quantitative estimate of drug-likeness (QED) is 0.444. The predicted octanol–water partition coefficient (Wildman–Crippen LogP) is 4.13. The molecule has 4 aromatic rings. The van der Waals surface area contributed by atoms with Crippen LogP contribution in [0.5, 0.6) is 0 Å². The highest BCUT2D eigenvalue weighted by Gasteiger charge is 2.07. The molecule has 4 rings (SSSR count). The largest absolute Gasteiger partial charge is 0.456 e. The Morgan fingerprint density at radius 1 is 0.824 bits per heavy atom. The zero-order chi connectivity index (χ0) is 11.2. The summed E-state index contributed by atoms with van der Waals surface area (Å²) >= 11 is 0. The van der Waals surface area contributed by atoms with Crippen LogP contribution in [-0.2, 0) is 0 Å². The van der Waals surface area contributed by atoms with Crippen LogP contribution in [0.1, 0.15) is 0 Å². The second kappa shape index (κ2) is 3.08. The first kappa shape index (κ1) is 8.76. The van der Waals surface area contributed by atoms with Gasteiger partial charge >= 0.3 is 0 Å². The van der Waals surface area contributed by atoms with E-state index in [0.29, 0.717) is 0 Å². The fourth-order valence-corrected chi connectivity index (χ4v) is 2.29. The van der Waals surface area contributed by atoms with Crippen LogP contribution in [0.15, 0.2) is 59.1 Å². The third kappa shape index (κ3) is 1.18. The first-order valence-corrected chi connectivity index (χ1v) is 5.58. The standard InChI is InChI=1S/C15H9NO/c1-2-6-14-11(5-1)12-8-10-4-3-7-16-13(10)9-15(12)17-14/h1-9H. The van der Waals surface area contributed by atoms with Crippen LogP contribution in [0.4, 0.5) is 0 Å². The minimum Gasteiger partial charge on any atom is -0.456 e. The maximum Gasteiger partial charge on any atom is 0.137 e. The zero-order valence-electron chi connectivity index (χ0n) is 9.05. The average molecular weight is 219 g/mol. The number of benzene rings is 2. The smallest absolute Gasteiger partial charge is 0.137 e. The molecule has 0 aliphatic heterocycles. The lowest BCUT2D eigenvalue weighted by atomic mass is 10.1. The van der Waals surface area contributed by atoms with E-state index in [1.54, 1.807) is 6.20 Å². The van der Waals surface area contributed by atoms with Crippen molar-refractivity contribution in [3.63, 3.8) is 0 Å². The maximum absolute atomic E-state index is 5.82.